The first kappa shape index (κ1) is 12.7. The Bertz CT molecular complexity index is 434. The van der Waals surface area contributed by atoms with Gasteiger partial charge in [-0.05, 0) is 24.7 Å². The molecular weight excluding hydrogens is 232 g/mol. The average molecular weight is 250 g/mol. The Kier molecular flexibility index (Phi) is 4.04. The highest BCUT2D eigenvalue weighted by Gasteiger charge is 2.20. The third kappa shape index (κ3) is 2.56. The molecule has 2 N–H and O–H groups in total. The van der Waals surface area contributed by atoms with Crippen molar-refractivity contribution in [3.05, 3.63) is 23.8 Å². The van der Waals surface area contributed by atoms with Crippen LogP contribution < -0.4 is 20.1 Å². The number of benzene rings is 1. The molecule has 18 heavy (non-hydrogen) atoms. The zero-order chi connectivity index (χ0) is 13.0. The van der Waals surface area contributed by atoms with E-state index >= 15 is 0 Å². The highest BCUT2D eigenvalue weighted by Crippen LogP contribution is 2.32. The summed E-state index contributed by atoms with van der Waals surface area (Å²) in [6, 6.07) is 5.21. The van der Waals surface area contributed by atoms with Gasteiger partial charge in [0.05, 0.1) is 13.2 Å². The maximum atomic E-state index is 11.7. The SMILES string of the molecule is CNC(=O)C(NC)c1ccc2c(c1)OCCCO2. The van der Waals surface area contributed by atoms with Crippen molar-refractivity contribution in [2.45, 2.75) is 12.5 Å². The van der Waals surface area contributed by atoms with Crippen LogP contribution in [0, 0.1) is 0 Å². The van der Waals surface area contributed by atoms with Gasteiger partial charge in [0, 0.05) is 13.5 Å². The first-order chi connectivity index (χ1) is 8.76. The Hall–Kier alpha value is -1.75. The standard InChI is InChI=1S/C13H18N2O3/c1-14-12(13(16)15-2)9-4-5-10-11(8-9)18-7-3-6-17-10/h4-5,8,12,14H,3,6-7H2,1-2H3,(H,15,16). The van der Waals surface area contributed by atoms with E-state index in [9.17, 15) is 4.79 Å². The van der Waals surface area contributed by atoms with Crippen LogP contribution in [0.5, 0.6) is 11.5 Å². The van der Waals surface area contributed by atoms with Gasteiger partial charge in [-0.15, -0.1) is 0 Å². The van der Waals surface area contributed by atoms with Gasteiger partial charge in [0.25, 0.3) is 0 Å². The van der Waals surface area contributed by atoms with Crippen molar-refractivity contribution in [2.24, 2.45) is 0 Å². The number of amides is 1. The summed E-state index contributed by atoms with van der Waals surface area (Å²) in [5, 5.41) is 5.62. The highest BCUT2D eigenvalue weighted by molar-refractivity contribution is 5.83. The van der Waals surface area contributed by atoms with Crippen molar-refractivity contribution in [3.8, 4) is 11.5 Å². The molecule has 0 aromatic heterocycles. The molecule has 2 rings (SSSR count). The van der Waals surface area contributed by atoms with Crippen molar-refractivity contribution in [1.29, 1.82) is 0 Å². The molecule has 98 valence electrons. The smallest absolute Gasteiger partial charge is 0.241 e. The minimum absolute atomic E-state index is 0.0769. The number of carbonyl (C=O) groups is 1. The predicted molar refractivity (Wildman–Crippen MR) is 67.9 cm³/mol. The van der Waals surface area contributed by atoms with Gasteiger partial charge in [-0.3, -0.25) is 4.79 Å². The number of carbonyl (C=O) groups excluding carboxylic acids is 1. The van der Waals surface area contributed by atoms with Crippen molar-refractivity contribution in [2.75, 3.05) is 27.3 Å². The molecule has 0 aliphatic carbocycles. The molecule has 1 unspecified atom stereocenters. The lowest BCUT2D eigenvalue weighted by Gasteiger charge is -2.16. The van der Waals surface area contributed by atoms with Crippen LogP contribution in [0.15, 0.2) is 18.2 Å². The van der Waals surface area contributed by atoms with Gasteiger partial charge in [-0.25, -0.2) is 0 Å². The fraction of sp³-hybridized carbons (Fsp3) is 0.462. The number of fused-ring (bicyclic) bond motifs is 1. The second-order valence-electron chi connectivity index (χ2n) is 4.09. The highest BCUT2D eigenvalue weighted by atomic mass is 16.5. The second-order valence-corrected chi connectivity index (χ2v) is 4.09. The molecule has 1 aliphatic heterocycles. The Balaban J connectivity index is 2.29. The van der Waals surface area contributed by atoms with Crippen LogP contribution in [0.25, 0.3) is 0 Å². The van der Waals surface area contributed by atoms with Gasteiger partial charge >= 0.3 is 0 Å². The molecule has 1 aromatic carbocycles. The molecule has 1 heterocycles. The first-order valence-corrected chi connectivity index (χ1v) is 6.04. The molecule has 1 atom stereocenters. The van der Waals surface area contributed by atoms with Crippen molar-refractivity contribution in [3.63, 3.8) is 0 Å². The molecule has 0 radical (unpaired) electrons. The molecule has 0 bridgehead atoms. The van der Waals surface area contributed by atoms with Crippen LogP contribution >= 0.6 is 0 Å². The summed E-state index contributed by atoms with van der Waals surface area (Å²) in [6.07, 6.45) is 0.870. The molecule has 0 saturated carbocycles. The normalized spacial score (nSPS) is 15.7. The molecule has 5 heteroatoms. The Morgan fingerprint density at radius 2 is 1.94 bits per heavy atom. The van der Waals surface area contributed by atoms with Crippen LogP contribution in [0.2, 0.25) is 0 Å². The summed E-state index contributed by atoms with van der Waals surface area (Å²) in [6.45, 7) is 1.30. The monoisotopic (exact) mass is 250 g/mol. The lowest BCUT2D eigenvalue weighted by molar-refractivity contribution is -0.122. The van der Waals surface area contributed by atoms with E-state index in [0.717, 1.165) is 17.7 Å². The van der Waals surface area contributed by atoms with Crippen molar-refractivity contribution in [1.82, 2.24) is 10.6 Å². The van der Waals surface area contributed by atoms with E-state index in [0.29, 0.717) is 19.0 Å². The summed E-state index contributed by atoms with van der Waals surface area (Å²) in [4.78, 5) is 11.7. The number of hydrogen-bond donors (Lipinski definition) is 2. The van der Waals surface area contributed by atoms with Crippen LogP contribution in [0.4, 0.5) is 0 Å². The summed E-state index contributed by atoms with van der Waals surface area (Å²) >= 11 is 0. The van der Waals surface area contributed by atoms with Crippen LogP contribution in [-0.2, 0) is 4.79 Å². The molecule has 1 amide bonds. The summed E-state index contributed by atoms with van der Waals surface area (Å²) in [5.41, 5.74) is 0.862. The second kappa shape index (κ2) is 5.73. The van der Waals surface area contributed by atoms with Crippen LogP contribution in [-0.4, -0.2) is 33.2 Å². The van der Waals surface area contributed by atoms with E-state index < -0.39 is 0 Å². The molecule has 0 fully saturated rings. The Labute approximate surface area is 106 Å². The predicted octanol–water partition coefficient (Wildman–Crippen LogP) is 0.854. The maximum Gasteiger partial charge on any atom is 0.241 e. The minimum atomic E-state index is -0.382. The van der Waals surface area contributed by atoms with Gasteiger partial charge < -0.3 is 20.1 Å². The summed E-state index contributed by atoms with van der Waals surface area (Å²) in [5.74, 6) is 1.36. The van der Waals surface area contributed by atoms with Gasteiger partial charge in [0.1, 0.15) is 6.04 Å². The van der Waals surface area contributed by atoms with Crippen LogP contribution in [0.3, 0.4) is 0 Å². The van der Waals surface area contributed by atoms with Gasteiger partial charge in [-0.2, -0.15) is 0 Å². The topological polar surface area (TPSA) is 59.6 Å². The van der Waals surface area contributed by atoms with E-state index in [1.54, 1.807) is 14.1 Å². The number of nitrogens with one attached hydrogen (secondary N) is 2. The number of rotatable bonds is 3. The van der Waals surface area contributed by atoms with E-state index in [2.05, 4.69) is 10.6 Å². The third-order valence-corrected chi connectivity index (χ3v) is 2.90. The zero-order valence-corrected chi connectivity index (χ0v) is 10.7. The van der Waals surface area contributed by atoms with Crippen molar-refractivity contribution >= 4 is 5.91 Å². The molecule has 0 saturated heterocycles. The van der Waals surface area contributed by atoms with Gasteiger partial charge in [0.2, 0.25) is 5.91 Å². The fourth-order valence-electron chi connectivity index (χ4n) is 1.95. The largest absolute Gasteiger partial charge is 0.490 e. The van der Waals surface area contributed by atoms with E-state index in [-0.39, 0.29) is 11.9 Å². The summed E-state index contributed by atoms with van der Waals surface area (Å²) in [7, 11) is 3.37. The van der Waals surface area contributed by atoms with Gasteiger partial charge in [-0.1, -0.05) is 6.07 Å². The molecule has 1 aliphatic rings. The molecule has 1 aromatic rings. The first-order valence-electron chi connectivity index (χ1n) is 6.04. The van der Waals surface area contributed by atoms with E-state index in [4.69, 9.17) is 9.47 Å². The van der Waals surface area contributed by atoms with E-state index in [1.165, 1.54) is 0 Å². The lowest BCUT2D eigenvalue weighted by Crippen LogP contribution is -2.33. The number of likely N-dealkylation sites (N-methyl/N-ethyl adjacent to an activating group) is 2. The summed E-state index contributed by atoms with van der Waals surface area (Å²) < 4.78 is 11.2. The molecule has 0 spiro atoms. The van der Waals surface area contributed by atoms with Crippen LogP contribution in [0.1, 0.15) is 18.0 Å². The fourth-order valence-corrected chi connectivity index (χ4v) is 1.95. The lowest BCUT2D eigenvalue weighted by atomic mass is 10.1. The quantitative estimate of drug-likeness (QED) is 0.835. The van der Waals surface area contributed by atoms with E-state index in [1.807, 2.05) is 18.2 Å². The van der Waals surface area contributed by atoms with Crippen molar-refractivity contribution < 1.29 is 14.3 Å². The molecule has 5 nitrogen and oxygen atoms in total. The number of ether oxygens (including phenoxy) is 2. The van der Waals surface area contributed by atoms with Gasteiger partial charge in [0.15, 0.2) is 11.5 Å². The minimum Gasteiger partial charge on any atom is -0.490 e. The average Bonchev–Trinajstić information content (AvgIpc) is 2.64. The zero-order valence-electron chi connectivity index (χ0n) is 10.7. The Morgan fingerprint density at radius 1 is 1.22 bits per heavy atom. The number of hydrogen-bond acceptors (Lipinski definition) is 4. The third-order valence-electron chi connectivity index (χ3n) is 2.90. The Morgan fingerprint density at radius 3 is 2.61 bits per heavy atom. The maximum absolute atomic E-state index is 11.7. The molecular formula is C13H18N2O3.